The monoisotopic (exact) mass is 355 g/mol. The highest BCUT2D eigenvalue weighted by molar-refractivity contribution is 5.92. The zero-order valence-electron chi connectivity index (χ0n) is 15.4. The number of aryl methyl sites for hydroxylation is 2. The molecule has 0 aliphatic carbocycles. The zero-order chi connectivity index (χ0) is 18.8. The van der Waals surface area contributed by atoms with E-state index < -0.39 is 0 Å². The molecule has 0 bridgehead atoms. The van der Waals surface area contributed by atoms with Crippen LogP contribution in [0, 0.1) is 13.8 Å². The number of benzene rings is 3. The number of carbonyl (C=O) groups excluding carboxylic acids is 1. The molecular weight excluding hydrogens is 334 g/mol. The molecule has 27 heavy (non-hydrogen) atoms. The predicted octanol–water partition coefficient (Wildman–Crippen LogP) is 4.96. The molecular formula is C23H21N3O. The molecule has 1 aromatic heterocycles. The quantitative estimate of drug-likeness (QED) is 0.562. The van der Waals surface area contributed by atoms with Crippen LogP contribution in [-0.2, 0) is 11.3 Å². The minimum atomic E-state index is -0.0737. The molecule has 1 N–H and O–H groups in total. The number of fused-ring (bicyclic) bond motifs is 1. The van der Waals surface area contributed by atoms with Gasteiger partial charge in [-0.25, -0.2) is 4.98 Å². The van der Waals surface area contributed by atoms with Crippen molar-refractivity contribution in [2.75, 3.05) is 5.32 Å². The van der Waals surface area contributed by atoms with Gasteiger partial charge < -0.3 is 9.88 Å². The summed E-state index contributed by atoms with van der Waals surface area (Å²) < 4.78 is 1.98. The second kappa shape index (κ2) is 7.08. The van der Waals surface area contributed by atoms with Gasteiger partial charge in [-0.15, -0.1) is 0 Å². The number of amides is 1. The van der Waals surface area contributed by atoms with Crippen LogP contribution in [0.4, 0.5) is 5.69 Å². The number of carbonyl (C=O) groups is 1. The van der Waals surface area contributed by atoms with Crippen LogP contribution in [0.5, 0.6) is 0 Å². The van der Waals surface area contributed by atoms with E-state index in [1.807, 2.05) is 72.2 Å². The molecule has 0 aliphatic rings. The van der Waals surface area contributed by atoms with Crippen molar-refractivity contribution >= 4 is 22.6 Å². The SMILES string of the molecule is Cc1ccc(NC(=O)Cn2c(-c3ccc(C)cc3)nc3ccccc32)cc1. The molecule has 4 heteroatoms. The van der Waals surface area contributed by atoms with Crippen molar-refractivity contribution in [3.05, 3.63) is 83.9 Å². The molecule has 0 spiro atoms. The van der Waals surface area contributed by atoms with E-state index in [1.165, 1.54) is 5.56 Å². The van der Waals surface area contributed by atoms with E-state index in [0.717, 1.165) is 33.7 Å². The Labute approximate surface area is 158 Å². The Kier molecular flexibility index (Phi) is 4.47. The largest absolute Gasteiger partial charge is 0.325 e. The second-order valence-electron chi connectivity index (χ2n) is 6.79. The Balaban J connectivity index is 1.69. The van der Waals surface area contributed by atoms with Gasteiger partial charge in [0.05, 0.1) is 11.0 Å². The van der Waals surface area contributed by atoms with E-state index in [1.54, 1.807) is 0 Å². The topological polar surface area (TPSA) is 46.9 Å². The fourth-order valence-electron chi connectivity index (χ4n) is 3.14. The molecule has 0 radical (unpaired) electrons. The third-order valence-electron chi connectivity index (χ3n) is 4.60. The van der Waals surface area contributed by atoms with Crippen molar-refractivity contribution < 1.29 is 4.79 Å². The lowest BCUT2D eigenvalue weighted by atomic mass is 10.1. The van der Waals surface area contributed by atoms with Crippen LogP contribution in [0.3, 0.4) is 0 Å². The lowest BCUT2D eigenvalue weighted by Crippen LogP contribution is -2.19. The summed E-state index contributed by atoms with van der Waals surface area (Å²) in [6.07, 6.45) is 0. The molecule has 0 aliphatic heterocycles. The molecule has 0 saturated heterocycles. The number of para-hydroxylation sites is 2. The number of rotatable bonds is 4. The van der Waals surface area contributed by atoms with Crippen LogP contribution < -0.4 is 5.32 Å². The molecule has 4 rings (SSSR count). The number of nitrogens with zero attached hydrogens (tertiary/aromatic N) is 2. The van der Waals surface area contributed by atoms with Crippen LogP contribution >= 0.6 is 0 Å². The van der Waals surface area contributed by atoms with Crippen molar-refractivity contribution in [3.8, 4) is 11.4 Å². The smallest absolute Gasteiger partial charge is 0.244 e. The normalized spacial score (nSPS) is 10.9. The molecule has 4 nitrogen and oxygen atoms in total. The first-order chi connectivity index (χ1) is 13.1. The summed E-state index contributed by atoms with van der Waals surface area (Å²) in [6.45, 7) is 4.29. The number of aromatic nitrogens is 2. The van der Waals surface area contributed by atoms with Crippen LogP contribution in [0.25, 0.3) is 22.4 Å². The number of nitrogens with one attached hydrogen (secondary N) is 1. The first-order valence-electron chi connectivity index (χ1n) is 8.99. The van der Waals surface area contributed by atoms with Crippen LogP contribution in [0.2, 0.25) is 0 Å². The predicted molar refractivity (Wildman–Crippen MR) is 110 cm³/mol. The van der Waals surface area contributed by atoms with Gasteiger partial charge in [-0.1, -0.05) is 59.7 Å². The Hall–Kier alpha value is -3.40. The fourth-order valence-corrected chi connectivity index (χ4v) is 3.14. The van der Waals surface area contributed by atoms with Crippen molar-refractivity contribution in [2.45, 2.75) is 20.4 Å². The lowest BCUT2D eigenvalue weighted by molar-refractivity contribution is -0.116. The average Bonchev–Trinajstić information content (AvgIpc) is 3.03. The van der Waals surface area contributed by atoms with Gasteiger partial charge in [-0.2, -0.15) is 0 Å². The molecule has 0 atom stereocenters. The van der Waals surface area contributed by atoms with Gasteiger partial charge in [-0.05, 0) is 38.1 Å². The van der Waals surface area contributed by atoms with E-state index in [0.29, 0.717) is 0 Å². The van der Waals surface area contributed by atoms with Crippen molar-refractivity contribution in [3.63, 3.8) is 0 Å². The van der Waals surface area contributed by atoms with E-state index >= 15 is 0 Å². The van der Waals surface area contributed by atoms with Gasteiger partial charge in [0, 0.05) is 11.3 Å². The number of hydrogen-bond acceptors (Lipinski definition) is 2. The maximum Gasteiger partial charge on any atom is 0.244 e. The van der Waals surface area contributed by atoms with Crippen LogP contribution in [0.15, 0.2) is 72.8 Å². The van der Waals surface area contributed by atoms with E-state index in [2.05, 4.69) is 24.4 Å². The zero-order valence-corrected chi connectivity index (χ0v) is 15.4. The molecule has 3 aromatic carbocycles. The molecule has 0 saturated carbocycles. The van der Waals surface area contributed by atoms with Crippen molar-refractivity contribution in [2.24, 2.45) is 0 Å². The lowest BCUT2D eigenvalue weighted by Gasteiger charge is -2.11. The van der Waals surface area contributed by atoms with Crippen molar-refractivity contribution in [1.29, 1.82) is 0 Å². The van der Waals surface area contributed by atoms with Gasteiger partial charge in [0.1, 0.15) is 12.4 Å². The van der Waals surface area contributed by atoms with Gasteiger partial charge in [0.15, 0.2) is 0 Å². The van der Waals surface area contributed by atoms with Crippen molar-refractivity contribution in [1.82, 2.24) is 9.55 Å². The Morgan fingerprint density at radius 2 is 1.52 bits per heavy atom. The number of anilines is 1. The molecule has 0 unspecified atom stereocenters. The third-order valence-corrected chi connectivity index (χ3v) is 4.60. The average molecular weight is 355 g/mol. The minimum Gasteiger partial charge on any atom is -0.325 e. The molecule has 1 heterocycles. The van der Waals surface area contributed by atoms with Gasteiger partial charge in [-0.3, -0.25) is 4.79 Å². The summed E-state index contributed by atoms with van der Waals surface area (Å²) in [5.41, 5.74) is 5.99. The maximum absolute atomic E-state index is 12.7. The van der Waals surface area contributed by atoms with Gasteiger partial charge >= 0.3 is 0 Å². The highest BCUT2D eigenvalue weighted by Gasteiger charge is 2.15. The van der Waals surface area contributed by atoms with Gasteiger partial charge in [0.25, 0.3) is 0 Å². The maximum atomic E-state index is 12.7. The Bertz CT molecular complexity index is 1090. The second-order valence-corrected chi connectivity index (χ2v) is 6.79. The molecule has 1 amide bonds. The summed E-state index contributed by atoms with van der Waals surface area (Å²) in [5.74, 6) is 0.727. The number of imidazole rings is 1. The summed E-state index contributed by atoms with van der Waals surface area (Å²) >= 11 is 0. The van der Waals surface area contributed by atoms with Gasteiger partial charge in [0.2, 0.25) is 5.91 Å². The summed E-state index contributed by atoms with van der Waals surface area (Å²) in [4.78, 5) is 17.5. The molecule has 0 fully saturated rings. The number of hydrogen-bond donors (Lipinski definition) is 1. The molecule has 134 valence electrons. The summed E-state index contributed by atoms with van der Waals surface area (Å²) in [7, 11) is 0. The summed E-state index contributed by atoms with van der Waals surface area (Å²) in [6, 6.07) is 23.9. The standard InChI is InChI=1S/C23H21N3O/c1-16-7-11-18(12-8-16)23-25-20-5-3-4-6-21(20)26(23)15-22(27)24-19-13-9-17(2)10-14-19/h3-14H,15H2,1-2H3,(H,24,27). The van der Waals surface area contributed by atoms with Crippen LogP contribution in [0.1, 0.15) is 11.1 Å². The Morgan fingerprint density at radius 3 is 2.22 bits per heavy atom. The van der Waals surface area contributed by atoms with E-state index in [-0.39, 0.29) is 12.5 Å². The molecule has 4 aromatic rings. The first-order valence-corrected chi connectivity index (χ1v) is 8.99. The minimum absolute atomic E-state index is 0.0737. The third kappa shape index (κ3) is 3.60. The van der Waals surface area contributed by atoms with E-state index in [9.17, 15) is 4.79 Å². The summed E-state index contributed by atoms with van der Waals surface area (Å²) in [5, 5.41) is 2.97. The highest BCUT2D eigenvalue weighted by Crippen LogP contribution is 2.25. The van der Waals surface area contributed by atoms with Crippen LogP contribution in [-0.4, -0.2) is 15.5 Å². The first kappa shape index (κ1) is 17.0. The highest BCUT2D eigenvalue weighted by atomic mass is 16.1. The van der Waals surface area contributed by atoms with E-state index in [4.69, 9.17) is 4.98 Å². The Morgan fingerprint density at radius 1 is 0.889 bits per heavy atom. The fraction of sp³-hybridized carbons (Fsp3) is 0.130.